The Balaban J connectivity index is 3.90. The van der Waals surface area contributed by atoms with Gasteiger partial charge in [0.05, 0.1) is 0 Å². The van der Waals surface area contributed by atoms with Gasteiger partial charge in [0.1, 0.15) is 0 Å². The zero-order chi connectivity index (χ0) is 11.7. The van der Waals surface area contributed by atoms with E-state index in [0.717, 1.165) is 25.6 Å². The van der Waals surface area contributed by atoms with E-state index in [2.05, 4.69) is 25.7 Å². The van der Waals surface area contributed by atoms with Gasteiger partial charge < -0.3 is 15.7 Å². The van der Waals surface area contributed by atoms with Crippen LogP contribution >= 0.6 is 0 Å². The molecular formula is C12H28N2O. The monoisotopic (exact) mass is 216 g/mol. The van der Waals surface area contributed by atoms with Gasteiger partial charge >= 0.3 is 0 Å². The number of nitrogens with two attached hydrogens (primary N) is 1. The Kier molecular flexibility index (Phi) is 9.06. The topological polar surface area (TPSA) is 49.5 Å². The second-order valence-corrected chi connectivity index (χ2v) is 4.31. The van der Waals surface area contributed by atoms with E-state index in [1.165, 1.54) is 12.8 Å². The first-order valence-corrected chi connectivity index (χ1v) is 6.26. The molecule has 0 radical (unpaired) electrons. The normalized spacial score (nSPS) is 13.8. The van der Waals surface area contributed by atoms with Crippen LogP contribution in [0.4, 0.5) is 0 Å². The number of aliphatic hydroxyl groups excluding tert-OH is 1. The van der Waals surface area contributed by atoms with Crippen molar-refractivity contribution < 1.29 is 5.11 Å². The van der Waals surface area contributed by atoms with Crippen molar-refractivity contribution in [2.75, 3.05) is 26.2 Å². The molecule has 1 atom stereocenters. The average molecular weight is 216 g/mol. The lowest BCUT2D eigenvalue weighted by molar-refractivity contribution is 0.203. The molecule has 1 unspecified atom stereocenters. The van der Waals surface area contributed by atoms with Crippen LogP contribution in [0.25, 0.3) is 0 Å². The summed E-state index contributed by atoms with van der Waals surface area (Å²) in [5.41, 5.74) is 5.92. The summed E-state index contributed by atoms with van der Waals surface area (Å²) in [6.07, 6.45) is 3.18. The summed E-state index contributed by atoms with van der Waals surface area (Å²) in [4.78, 5) is 2.40. The lowest BCUT2D eigenvalue weighted by atomic mass is 10.0. The zero-order valence-corrected chi connectivity index (χ0v) is 10.6. The van der Waals surface area contributed by atoms with Gasteiger partial charge in [0, 0.05) is 25.7 Å². The SMILES string of the molecule is CCC(CC)CN(CC)CC(N)CCO. The second-order valence-electron chi connectivity index (χ2n) is 4.31. The molecule has 0 aliphatic heterocycles. The third kappa shape index (κ3) is 6.88. The zero-order valence-electron chi connectivity index (χ0n) is 10.6. The van der Waals surface area contributed by atoms with E-state index in [1.807, 2.05) is 0 Å². The lowest BCUT2D eigenvalue weighted by Crippen LogP contribution is -2.40. The molecule has 3 nitrogen and oxygen atoms in total. The highest BCUT2D eigenvalue weighted by atomic mass is 16.3. The van der Waals surface area contributed by atoms with Gasteiger partial charge in [0.2, 0.25) is 0 Å². The van der Waals surface area contributed by atoms with Crippen molar-refractivity contribution in [3.05, 3.63) is 0 Å². The largest absolute Gasteiger partial charge is 0.396 e. The average Bonchev–Trinajstić information content (AvgIpc) is 2.24. The van der Waals surface area contributed by atoms with Crippen molar-refractivity contribution in [3.63, 3.8) is 0 Å². The van der Waals surface area contributed by atoms with Gasteiger partial charge in [-0.05, 0) is 18.9 Å². The van der Waals surface area contributed by atoms with E-state index in [4.69, 9.17) is 10.8 Å². The predicted molar refractivity (Wildman–Crippen MR) is 65.9 cm³/mol. The Morgan fingerprint density at radius 3 is 2.13 bits per heavy atom. The van der Waals surface area contributed by atoms with Crippen molar-refractivity contribution in [1.29, 1.82) is 0 Å². The van der Waals surface area contributed by atoms with Crippen LogP contribution in [0.1, 0.15) is 40.0 Å². The summed E-state index contributed by atoms with van der Waals surface area (Å²) < 4.78 is 0. The molecule has 0 aliphatic rings. The number of likely N-dealkylation sites (N-methyl/N-ethyl adjacent to an activating group) is 1. The van der Waals surface area contributed by atoms with Crippen molar-refractivity contribution in [1.82, 2.24) is 4.90 Å². The van der Waals surface area contributed by atoms with Crippen LogP contribution in [0, 0.1) is 5.92 Å². The molecule has 0 spiro atoms. The smallest absolute Gasteiger partial charge is 0.0446 e. The first kappa shape index (κ1) is 14.9. The minimum atomic E-state index is 0.115. The molecule has 0 aromatic heterocycles. The summed E-state index contributed by atoms with van der Waals surface area (Å²) in [6.45, 7) is 9.97. The summed E-state index contributed by atoms with van der Waals surface area (Å²) in [5.74, 6) is 0.784. The van der Waals surface area contributed by atoms with Gasteiger partial charge in [-0.1, -0.05) is 33.6 Å². The molecule has 0 aromatic carbocycles. The van der Waals surface area contributed by atoms with E-state index in [9.17, 15) is 0 Å². The third-order valence-electron chi connectivity index (χ3n) is 3.11. The Labute approximate surface area is 94.6 Å². The molecule has 0 saturated carbocycles. The van der Waals surface area contributed by atoms with Crippen molar-refractivity contribution in [2.45, 2.75) is 46.1 Å². The highest BCUT2D eigenvalue weighted by Gasteiger charge is 2.12. The first-order valence-electron chi connectivity index (χ1n) is 6.26. The molecule has 0 aromatic rings. The van der Waals surface area contributed by atoms with Crippen LogP contribution in [0.2, 0.25) is 0 Å². The molecule has 15 heavy (non-hydrogen) atoms. The number of hydrogen-bond donors (Lipinski definition) is 2. The van der Waals surface area contributed by atoms with Crippen LogP contribution in [0.5, 0.6) is 0 Å². The van der Waals surface area contributed by atoms with Crippen molar-refractivity contribution in [3.8, 4) is 0 Å². The van der Waals surface area contributed by atoms with Gasteiger partial charge in [0.15, 0.2) is 0 Å². The molecule has 3 N–H and O–H groups in total. The van der Waals surface area contributed by atoms with Gasteiger partial charge in [0.25, 0.3) is 0 Å². The highest BCUT2D eigenvalue weighted by Crippen LogP contribution is 2.10. The van der Waals surface area contributed by atoms with E-state index in [0.29, 0.717) is 6.42 Å². The Morgan fingerprint density at radius 1 is 1.13 bits per heavy atom. The van der Waals surface area contributed by atoms with Gasteiger partial charge in [-0.2, -0.15) is 0 Å². The molecule has 0 amide bonds. The predicted octanol–water partition coefficient (Wildman–Crippen LogP) is 1.45. The Bertz CT molecular complexity index is 138. The molecule has 92 valence electrons. The van der Waals surface area contributed by atoms with Crippen molar-refractivity contribution >= 4 is 0 Å². The minimum absolute atomic E-state index is 0.115. The fraction of sp³-hybridized carbons (Fsp3) is 1.00. The number of rotatable bonds is 9. The van der Waals surface area contributed by atoms with Gasteiger partial charge in [-0.15, -0.1) is 0 Å². The highest BCUT2D eigenvalue weighted by molar-refractivity contribution is 4.70. The molecule has 0 bridgehead atoms. The Hall–Kier alpha value is -0.120. The molecule has 0 rings (SSSR count). The summed E-state index contributed by atoms with van der Waals surface area (Å²) >= 11 is 0. The van der Waals surface area contributed by atoms with Crippen LogP contribution in [0.3, 0.4) is 0 Å². The first-order chi connectivity index (χ1) is 7.17. The van der Waals surface area contributed by atoms with E-state index in [1.54, 1.807) is 0 Å². The number of hydrogen-bond acceptors (Lipinski definition) is 3. The molecular weight excluding hydrogens is 188 g/mol. The minimum Gasteiger partial charge on any atom is -0.396 e. The van der Waals surface area contributed by atoms with Crippen LogP contribution < -0.4 is 5.73 Å². The van der Waals surface area contributed by atoms with E-state index >= 15 is 0 Å². The quantitative estimate of drug-likeness (QED) is 0.613. The van der Waals surface area contributed by atoms with E-state index < -0.39 is 0 Å². The fourth-order valence-electron chi connectivity index (χ4n) is 1.83. The molecule has 0 heterocycles. The number of aliphatic hydroxyl groups is 1. The standard InChI is InChI=1S/C12H28N2O/c1-4-11(5-2)9-14(6-3)10-12(13)7-8-15/h11-12,15H,4-10,13H2,1-3H3. The maximum atomic E-state index is 8.80. The number of nitrogens with zero attached hydrogens (tertiary/aromatic N) is 1. The summed E-state index contributed by atoms with van der Waals surface area (Å²) in [5, 5.41) is 8.80. The summed E-state index contributed by atoms with van der Waals surface area (Å²) in [7, 11) is 0. The van der Waals surface area contributed by atoms with Crippen molar-refractivity contribution in [2.24, 2.45) is 11.7 Å². The van der Waals surface area contributed by atoms with Gasteiger partial charge in [-0.25, -0.2) is 0 Å². The van der Waals surface area contributed by atoms with Crippen LogP contribution in [-0.2, 0) is 0 Å². The van der Waals surface area contributed by atoms with Crippen LogP contribution in [0.15, 0.2) is 0 Å². The summed E-state index contributed by atoms with van der Waals surface area (Å²) in [6, 6.07) is 0.115. The fourth-order valence-corrected chi connectivity index (χ4v) is 1.83. The maximum absolute atomic E-state index is 8.80. The molecule has 0 aliphatic carbocycles. The third-order valence-corrected chi connectivity index (χ3v) is 3.11. The van der Waals surface area contributed by atoms with Gasteiger partial charge in [-0.3, -0.25) is 0 Å². The maximum Gasteiger partial charge on any atom is 0.0446 e. The lowest BCUT2D eigenvalue weighted by Gasteiger charge is -2.27. The Morgan fingerprint density at radius 2 is 1.73 bits per heavy atom. The molecule has 3 heteroatoms. The van der Waals surface area contributed by atoms with E-state index in [-0.39, 0.29) is 12.6 Å². The molecule has 0 fully saturated rings. The van der Waals surface area contributed by atoms with Crippen LogP contribution in [-0.4, -0.2) is 42.3 Å². The molecule has 0 saturated heterocycles. The second kappa shape index (κ2) is 9.13.